The average Bonchev–Trinajstić information content (AvgIpc) is 2.39. The summed E-state index contributed by atoms with van der Waals surface area (Å²) in [6, 6.07) is 8.94. The molecule has 0 aliphatic carbocycles. The largest absolute Gasteiger partial charge is 0.496 e. The molecule has 0 saturated carbocycles. The predicted octanol–water partition coefficient (Wildman–Crippen LogP) is 2.66. The molecular formula is C16H26N2O. The van der Waals surface area contributed by atoms with Crippen molar-refractivity contribution < 1.29 is 4.74 Å². The molecule has 0 aromatic heterocycles. The minimum Gasteiger partial charge on any atom is -0.496 e. The van der Waals surface area contributed by atoms with Crippen molar-refractivity contribution in [2.24, 2.45) is 0 Å². The fraction of sp³-hybridized carbons (Fsp3) is 0.625. The highest BCUT2D eigenvalue weighted by Gasteiger charge is 2.31. The lowest BCUT2D eigenvalue weighted by molar-refractivity contribution is 0.0851. The monoisotopic (exact) mass is 262 g/mol. The highest BCUT2D eigenvalue weighted by atomic mass is 16.5. The van der Waals surface area contributed by atoms with Gasteiger partial charge in [-0.25, -0.2) is 0 Å². The molecule has 1 fully saturated rings. The second-order valence-electron chi connectivity index (χ2n) is 6.04. The Labute approximate surface area is 116 Å². The van der Waals surface area contributed by atoms with Crippen LogP contribution in [0, 0.1) is 0 Å². The molecule has 1 aliphatic heterocycles. The molecule has 0 spiro atoms. The second kappa shape index (κ2) is 5.93. The standard InChI is InChI=1S/C16H26N2O/c1-5-14-10-17-16(2,3)12-18(14)11-13-8-6-7-9-15(13)19-4/h6-9,14,17H,5,10-12H2,1-4H3. The van der Waals surface area contributed by atoms with Crippen LogP contribution >= 0.6 is 0 Å². The maximum atomic E-state index is 5.47. The second-order valence-corrected chi connectivity index (χ2v) is 6.04. The molecule has 1 unspecified atom stereocenters. The van der Waals surface area contributed by atoms with Crippen molar-refractivity contribution in [3.8, 4) is 5.75 Å². The molecule has 0 radical (unpaired) electrons. The van der Waals surface area contributed by atoms with E-state index in [0.717, 1.165) is 25.4 Å². The zero-order chi connectivity index (χ0) is 13.9. The number of rotatable bonds is 4. The van der Waals surface area contributed by atoms with Gasteiger partial charge in [-0.1, -0.05) is 25.1 Å². The first-order chi connectivity index (χ1) is 9.05. The van der Waals surface area contributed by atoms with Crippen molar-refractivity contribution in [3.63, 3.8) is 0 Å². The smallest absolute Gasteiger partial charge is 0.123 e. The summed E-state index contributed by atoms with van der Waals surface area (Å²) in [4.78, 5) is 2.58. The Morgan fingerprint density at radius 1 is 1.37 bits per heavy atom. The van der Waals surface area contributed by atoms with E-state index in [1.807, 2.05) is 12.1 Å². The minimum atomic E-state index is 0.188. The van der Waals surface area contributed by atoms with Gasteiger partial charge in [0.2, 0.25) is 0 Å². The maximum Gasteiger partial charge on any atom is 0.123 e. The molecule has 1 N–H and O–H groups in total. The Balaban J connectivity index is 2.14. The number of ether oxygens (including phenoxy) is 1. The average molecular weight is 262 g/mol. The molecule has 2 rings (SSSR count). The SMILES string of the molecule is CCC1CNC(C)(C)CN1Cc1ccccc1OC. The lowest BCUT2D eigenvalue weighted by Gasteiger charge is -2.44. The lowest BCUT2D eigenvalue weighted by Crippen LogP contribution is -2.61. The van der Waals surface area contributed by atoms with Crippen LogP contribution in [0.2, 0.25) is 0 Å². The summed E-state index contributed by atoms with van der Waals surface area (Å²) in [6.07, 6.45) is 1.18. The molecule has 0 bridgehead atoms. The van der Waals surface area contributed by atoms with Gasteiger partial charge in [0, 0.05) is 36.8 Å². The molecule has 1 atom stereocenters. The van der Waals surface area contributed by atoms with Crippen LogP contribution in [0.15, 0.2) is 24.3 Å². The fourth-order valence-electron chi connectivity index (χ4n) is 2.86. The molecule has 19 heavy (non-hydrogen) atoms. The van der Waals surface area contributed by atoms with Crippen molar-refractivity contribution in [1.82, 2.24) is 10.2 Å². The van der Waals surface area contributed by atoms with E-state index >= 15 is 0 Å². The first-order valence-electron chi connectivity index (χ1n) is 7.16. The zero-order valence-corrected chi connectivity index (χ0v) is 12.6. The third-order valence-corrected chi connectivity index (χ3v) is 3.97. The Morgan fingerprint density at radius 2 is 2.11 bits per heavy atom. The van der Waals surface area contributed by atoms with Crippen LogP contribution in [0.4, 0.5) is 0 Å². The van der Waals surface area contributed by atoms with Crippen LogP contribution in [0.5, 0.6) is 5.75 Å². The predicted molar refractivity (Wildman–Crippen MR) is 79.6 cm³/mol. The van der Waals surface area contributed by atoms with Gasteiger partial charge in [0.15, 0.2) is 0 Å². The van der Waals surface area contributed by atoms with Crippen molar-refractivity contribution in [2.45, 2.75) is 45.3 Å². The number of methoxy groups -OCH3 is 1. The molecule has 1 aromatic carbocycles. The molecule has 1 saturated heterocycles. The maximum absolute atomic E-state index is 5.47. The van der Waals surface area contributed by atoms with Gasteiger partial charge in [0.05, 0.1) is 7.11 Å². The van der Waals surface area contributed by atoms with Crippen LogP contribution in [-0.4, -0.2) is 36.7 Å². The van der Waals surface area contributed by atoms with Crippen LogP contribution in [-0.2, 0) is 6.54 Å². The van der Waals surface area contributed by atoms with E-state index in [1.54, 1.807) is 7.11 Å². The van der Waals surface area contributed by atoms with Crippen molar-refractivity contribution in [3.05, 3.63) is 29.8 Å². The van der Waals surface area contributed by atoms with Gasteiger partial charge in [0.25, 0.3) is 0 Å². The molecule has 1 heterocycles. The van der Waals surface area contributed by atoms with E-state index in [0.29, 0.717) is 6.04 Å². The van der Waals surface area contributed by atoms with Gasteiger partial charge in [-0.15, -0.1) is 0 Å². The van der Waals surface area contributed by atoms with Crippen LogP contribution in [0.25, 0.3) is 0 Å². The highest BCUT2D eigenvalue weighted by Crippen LogP contribution is 2.24. The van der Waals surface area contributed by atoms with E-state index in [1.165, 1.54) is 12.0 Å². The number of piperazine rings is 1. The molecule has 1 aliphatic rings. The summed E-state index contributed by atoms with van der Waals surface area (Å²) in [5.74, 6) is 0.994. The van der Waals surface area contributed by atoms with Crippen molar-refractivity contribution in [2.75, 3.05) is 20.2 Å². The van der Waals surface area contributed by atoms with Gasteiger partial charge in [-0.2, -0.15) is 0 Å². The number of benzene rings is 1. The van der Waals surface area contributed by atoms with E-state index in [2.05, 4.69) is 43.1 Å². The molecular weight excluding hydrogens is 236 g/mol. The van der Waals surface area contributed by atoms with Crippen molar-refractivity contribution >= 4 is 0 Å². The van der Waals surface area contributed by atoms with Gasteiger partial charge in [-0.05, 0) is 26.3 Å². The lowest BCUT2D eigenvalue weighted by atomic mass is 9.97. The number of nitrogens with zero attached hydrogens (tertiary/aromatic N) is 1. The van der Waals surface area contributed by atoms with Crippen LogP contribution in [0.3, 0.4) is 0 Å². The third-order valence-electron chi connectivity index (χ3n) is 3.97. The highest BCUT2D eigenvalue weighted by molar-refractivity contribution is 5.33. The van der Waals surface area contributed by atoms with Gasteiger partial charge >= 0.3 is 0 Å². The van der Waals surface area contributed by atoms with E-state index in [4.69, 9.17) is 4.74 Å². The summed E-state index contributed by atoms with van der Waals surface area (Å²) in [7, 11) is 1.75. The summed E-state index contributed by atoms with van der Waals surface area (Å²) in [6.45, 7) is 9.91. The van der Waals surface area contributed by atoms with Crippen LogP contribution < -0.4 is 10.1 Å². The summed E-state index contributed by atoms with van der Waals surface area (Å²) in [5.41, 5.74) is 1.47. The fourth-order valence-corrected chi connectivity index (χ4v) is 2.86. The van der Waals surface area contributed by atoms with E-state index in [-0.39, 0.29) is 5.54 Å². The van der Waals surface area contributed by atoms with E-state index < -0.39 is 0 Å². The number of hydrogen-bond acceptors (Lipinski definition) is 3. The topological polar surface area (TPSA) is 24.5 Å². The summed E-state index contributed by atoms with van der Waals surface area (Å²) >= 11 is 0. The first-order valence-corrected chi connectivity index (χ1v) is 7.16. The Hall–Kier alpha value is -1.06. The number of nitrogens with one attached hydrogen (secondary N) is 1. The quantitative estimate of drug-likeness (QED) is 0.903. The van der Waals surface area contributed by atoms with Crippen LogP contribution in [0.1, 0.15) is 32.8 Å². The summed E-state index contributed by atoms with van der Waals surface area (Å²) in [5, 5.41) is 3.63. The van der Waals surface area contributed by atoms with E-state index in [9.17, 15) is 0 Å². The van der Waals surface area contributed by atoms with Gasteiger partial charge in [0.1, 0.15) is 5.75 Å². The Morgan fingerprint density at radius 3 is 2.79 bits per heavy atom. The molecule has 106 valence electrons. The first kappa shape index (κ1) is 14.4. The van der Waals surface area contributed by atoms with Gasteiger partial charge < -0.3 is 10.1 Å². The Kier molecular flexibility index (Phi) is 4.48. The van der Waals surface area contributed by atoms with Gasteiger partial charge in [-0.3, -0.25) is 4.90 Å². The van der Waals surface area contributed by atoms with Crippen molar-refractivity contribution in [1.29, 1.82) is 0 Å². The Bertz CT molecular complexity index is 417. The molecule has 1 aromatic rings. The number of para-hydroxylation sites is 1. The number of hydrogen-bond donors (Lipinski definition) is 1. The minimum absolute atomic E-state index is 0.188. The third kappa shape index (κ3) is 3.48. The molecule has 0 amide bonds. The summed E-state index contributed by atoms with van der Waals surface area (Å²) < 4.78 is 5.47. The molecule has 3 heteroatoms. The molecule has 3 nitrogen and oxygen atoms in total. The normalized spacial score (nSPS) is 23.3. The zero-order valence-electron chi connectivity index (χ0n) is 12.6.